The predicted octanol–water partition coefficient (Wildman–Crippen LogP) is 2.94. The molecule has 0 unspecified atom stereocenters. The van der Waals surface area contributed by atoms with Crippen LogP contribution < -0.4 is 9.64 Å². The normalized spacial score (nSPS) is 34.3. The zero-order valence-corrected chi connectivity index (χ0v) is 11.4. The molecule has 100 valence electrons. The highest BCUT2D eigenvalue weighted by Crippen LogP contribution is 2.62. The van der Waals surface area contributed by atoms with E-state index in [1.807, 2.05) is 11.0 Å². The summed E-state index contributed by atoms with van der Waals surface area (Å²) < 4.78 is 5.50. The number of nitrogens with zero attached hydrogens (tertiary/aromatic N) is 1. The van der Waals surface area contributed by atoms with Crippen molar-refractivity contribution in [3.8, 4) is 5.75 Å². The van der Waals surface area contributed by atoms with Crippen molar-refractivity contribution in [1.29, 1.82) is 0 Å². The summed E-state index contributed by atoms with van der Waals surface area (Å²) >= 11 is 0. The molecule has 0 saturated heterocycles. The number of hydrogen-bond donors (Lipinski definition) is 0. The van der Waals surface area contributed by atoms with Crippen molar-refractivity contribution in [2.45, 2.75) is 38.1 Å². The second-order valence-corrected chi connectivity index (χ2v) is 6.14. The standard InChI is InChI=1S/C16H19NO2/c1-9(18)17-15-11-7-6-10(8-11)14(15)12-4-3-5-13(19-2)16(12)17/h3-5,10-11,14-15H,6-8H2,1-2H3/t10-,11+,14-,15-/m0/s1. The van der Waals surface area contributed by atoms with E-state index in [2.05, 4.69) is 12.1 Å². The Labute approximate surface area is 113 Å². The van der Waals surface area contributed by atoms with Crippen LogP contribution in [-0.2, 0) is 4.79 Å². The lowest BCUT2D eigenvalue weighted by atomic mass is 9.82. The quantitative estimate of drug-likeness (QED) is 0.774. The number of para-hydroxylation sites is 1. The Morgan fingerprint density at radius 2 is 2.11 bits per heavy atom. The molecule has 0 spiro atoms. The van der Waals surface area contributed by atoms with Gasteiger partial charge in [0.05, 0.1) is 12.8 Å². The van der Waals surface area contributed by atoms with Gasteiger partial charge in [-0.1, -0.05) is 12.1 Å². The molecule has 0 N–H and O–H groups in total. The number of rotatable bonds is 1. The maximum absolute atomic E-state index is 12.2. The molecule has 4 atom stereocenters. The van der Waals surface area contributed by atoms with Crippen molar-refractivity contribution < 1.29 is 9.53 Å². The van der Waals surface area contributed by atoms with Gasteiger partial charge in [0.2, 0.25) is 5.91 Å². The summed E-state index contributed by atoms with van der Waals surface area (Å²) in [5.74, 6) is 3.02. The third-order valence-corrected chi connectivity index (χ3v) is 5.36. The summed E-state index contributed by atoms with van der Waals surface area (Å²) in [6.45, 7) is 1.69. The zero-order valence-electron chi connectivity index (χ0n) is 11.4. The van der Waals surface area contributed by atoms with Crippen molar-refractivity contribution in [2.24, 2.45) is 11.8 Å². The molecule has 1 aromatic carbocycles. The molecule has 1 aliphatic heterocycles. The van der Waals surface area contributed by atoms with E-state index in [1.165, 1.54) is 24.8 Å². The molecule has 1 heterocycles. The Morgan fingerprint density at radius 3 is 2.84 bits per heavy atom. The topological polar surface area (TPSA) is 29.5 Å². The smallest absolute Gasteiger partial charge is 0.224 e. The third kappa shape index (κ3) is 1.31. The Kier molecular flexibility index (Phi) is 2.23. The zero-order chi connectivity index (χ0) is 13.1. The fourth-order valence-electron chi connectivity index (χ4n) is 4.82. The van der Waals surface area contributed by atoms with Gasteiger partial charge in [-0.05, 0) is 42.7 Å². The van der Waals surface area contributed by atoms with Crippen LogP contribution in [0.2, 0.25) is 0 Å². The number of carbonyl (C=O) groups excluding carboxylic acids is 1. The van der Waals surface area contributed by atoms with Crippen LogP contribution in [0.5, 0.6) is 5.75 Å². The van der Waals surface area contributed by atoms with E-state index in [4.69, 9.17) is 4.74 Å². The SMILES string of the molecule is COc1cccc2c1N(C(C)=O)[C@H]1[C@@H]3CC[C@@H](C3)[C@@H]21. The fourth-order valence-corrected chi connectivity index (χ4v) is 4.82. The Morgan fingerprint density at radius 1 is 1.32 bits per heavy atom. The number of ether oxygens (including phenoxy) is 1. The van der Waals surface area contributed by atoms with Gasteiger partial charge in [-0.25, -0.2) is 0 Å². The van der Waals surface area contributed by atoms with Crippen molar-refractivity contribution in [1.82, 2.24) is 0 Å². The monoisotopic (exact) mass is 257 g/mol. The first kappa shape index (κ1) is 11.3. The first-order valence-corrected chi connectivity index (χ1v) is 7.19. The van der Waals surface area contributed by atoms with E-state index >= 15 is 0 Å². The first-order chi connectivity index (χ1) is 9.22. The van der Waals surface area contributed by atoms with Crippen molar-refractivity contribution >= 4 is 11.6 Å². The van der Waals surface area contributed by atoms with Gasteiger partial charge < -0.3 is 9.64 Å². The van der Waals surface area contributed by atoms with E-state index in [1.54, 1.807) is 14.0 Å². The molecule has 4 rings (SSSR count). The number of methoxy groups -OCH3 is 1. The number of hydrogen-bond acceptors (Lipinski definition) is 2. The third-order valence-electron chi connectivity index (χ3n) is 5.36. The average Bonchev–Trinajstić information content (AvgIpc) is 3.07. The Hall–Kier alpha value is -1.51. The molecule has 0 aromatic heterocycles. The van der Waals surface area contributed by atoms with Crippen molar-refractivity contribution in [3.63, 3.8) is 0 Å². The second-order valence-electron chi connectivity index (χ2n) is 6.14. The molecular formula is C16H19NO2. The van der Waals surface area contributed by atoms with Gasteiger partial charge in [-0.2, -0.15) is 0 Å². The maximum Gasteiger partial charge on any atom is 0.224 e. The van der Waals surface area contributed by atoms with Crippen LogP contribution >= 0.6 is 0 Å². The molecule has 2 fully saturated rings. The molecule has 3 nitrogen and oxygen atoms in total. The van der Waals surface area contributed by atoms with Crippen LogP contribution in [0, 0.1) is 11.8 Å². The highest BCUT2D eigenvalue weighted by atomic mass is 16.5. The number of anilines is 1. The molecule has 2 saturated carbocycles. The summed E-state index contributed by atoms with van der Waals surface area (Å²) in [5, 5.41) is 0. The van der Waals surface area contributed by atoms with Crippen LogP contribution in [0.25, 0.3) is 0 Å². The van der Waals surface area contributed by atoms with Crippen molar-refractivity contribution in [2.75, 3.05) is 12.0 Å². The summed E-state index contributed by atoms with van der Waals surface area (Å²) in [4.78, 5) is 14.2. The lowest BCUT2D eigenvalue weighted by molar-refractivity contribution is -0.117. The summed E-state index contributed by atoms with van der Waals surface area (Å²) in [6.07, 6.45) is 3.91. The van der Waals surface area contributed by atoms with Gasteiger partial charge in [-0.3, -0.25) is 4.79 Å². The lowest BCUT2D eigenvalue weighted by Gasteiger charge is -2.31. The van der Waals surface area contributed by atoms with E-state index < -0.39 is 0 Å². The van der Waals surface area contributed by atoms with E-state index in [9.17, 15) is 4.79 Å². The van der Waals surface area contributed by atoms with E-state index in [0.717, 1.165) is 17.4 Å². The van der Waals surface area contributed by atoms with Crippen molar-refractivity contribution in [3.05, 3.63) is 23.8 Å². The maximum atomic E-state index is 12.2. The molecule has 0 radical (unpaired) electrons. The molecule has 1 aromatic rings. The van der Waals surface area contributed by atoms with Gasteiger partial charge in [0.1, 0.15) is 5.75 Å². The predicted molar refractivity (Wildman–Crippen MR) is 73.5 cm³/mol. The minimum absolute atomic E-state index is 0.158. The molecule has 2 aliphatic carbocycles. The van der Waals surface area contributed by atoms with Crippen LogP contribution in [-0.4, -0.2) is 19.1 Å². The molecule has 3 aliphatic rings. The van der Waals surface area contributed by atoms with E-state index in [0.29, 0.717) is 17.9 Å². The summed E-state index contributed by atoms with van der Waals surface area (Å²) in [7, 11) is 1.69. The Balaban J connectivity index is 1.92. The molecular weight excluding hydrogens is 238 g/mol. The summed E-state index contributed by atoms with van der Waals surface area (Å²) in [5.41, 5.74) is 2.39. The summed E-state index contributed by atoms with van der Waals surface area (Å²) in [6, 6.07) is 6.61. The first-order valence-electron chi connectivity index (χ1n) is 7.19. The van der Waals surface area contributed by atoms with Crippen LogP contribution in [0.15, 0.2) is 18.2 Å². The number of carbonyl (C=O) groups is 1. The number of amides is 1. The highest BCUT2D eigenvalue weighted by Gasteiger charge is 2.56. The number of fused-ring (bicyclic) bond motifs is 7. The van der Waals surface area contributed by atoms with Gasteiger partial charge >= 0.3 is 0 Å². The van der Waals surface area contributed by atoms with Gasteiger partial charge in [-0.15, -0.1) is 0 Å². The average molecular weight is 257 g/mol. The Bertz CT molecular complexity index is 554. The molecule has 2 bridgehead atoms. The fraction of sp³-hybridized carbons (Fsp3) is 0.562. The van der Waals surface area contributed by atoms with Crippen LogP contribution in [0.4, 0.5) is 5.69 Å². The number of benzene rings is 1. The van der Waals surface area contributed by atoms with Gasteiger partial charge in [0, 0.05) is 18.9 Å². The van der Waals surface area contributed by atoms with Crippen LogP contribution in [0.1, 0.15) is 37.7 Å². The lowest BCUT2D eigenvalue weighted by Crippen LogP contribution is -2.41. The van der Waals surface area contributed by atoms with Gasteiger partial charge in [0.25, 0.3) is 0 Å². The van der Waals surface area contributed by atoms with E-state index in [-0.39, 0.29) is 5.91 Å². The second kappa shape index (κ2) is 3.75. The molecule has 3 heteroatoms. The molecule has 1 amide bonds. The largest absolute Gasteiger partial charge is 0.495 e. The highest BCUT2D eigenvalue weighted by molar-refractivity contribution is 5.97. The van der Waals surface area contributed by atoms with Crippen LogP contribution in [0.3, 0.4) is 0 Å². The van der Waals surface area contributed by atoms with Gasteiger partial charge in [0.15, 0.2) is 0 Å². The molecule has 19 heavy (non-hydrogen) atoms. The minimum Gasteiger partial charge on any atom is -0.495 e. The minimum atomic E-state index is 0.158.